The number of hydrogen-bond acceptors (Lipinski definition) is 7. The summed E-state index contributed by atoms with van der Waals surface area (Å²) < 4.78 is 7.70. The molecule has 2 aromatic rings. The molecular formula is C16H20N6O2. The van der Waals surface area contributed by atoms with Crippen LogP contribution in [0.5, 0.6) is 0 Å². The molecule has 3 N–H and O–H groups in total. The lowest BCUT2D eigenvalue weighted by Gasteiger charge is -2.19. The lowest BCUT2D eigenvalue weighted by atomic mass is 10.0. The topological polar surface area (TPSA) is 102 Å². The number of rotatable bonds is 3. The maximum Gasteiger partial charge on any atom is 0.224 e. The minimum Gasteiger partial charge on any atom is -0.394 e. The van der Waals surface area contributed by atoms with Crippen LogP contribution >= 0.6 is 0 Å². The van der Waals surface area contributed by atoms with Crippen molar-refractivity contribution in [3.63, 3.8) is 0 Å². The minimum absolute atomic E-state index is 0.0581. The van der Waals surface area contributed by atoms with Gasteiger partial charge in [-0.1, -0.05) is 5.92 Å². The van der Waals surface area contributed by atoms with E-state index in [1.807, 2.05) is 4.57 Å². The predicted molar refractivity (Wildman–Crippen MR) is 89.1 cm³/mol. The molecule has 2 aliphatic rings. The number of ether oxygens (including phenoxy) is 1. The molecule has 4 heterocycles. The summed E-state index contributed by atoms with van der Waals surface area (Å²) in [6.45, 7) is 1.83. The number of aromatic nitrogens is 4. The van der Waals surface area contributed by atoms with Crippen molar-refractivity contribution in [2.24, 2.45) is 5.92 Å². The van der Waals surface area contributed by atoms with E-state index in [1.54, 1.807) is 6.33 Å². The second kappa shape index (κ2) is 5.92. The number of imidazole rings is 1. The van der Waals surface area contributed by atoms with Gasteiger partial charge in [0.2, 0.25) is 5.95 Å². The third kappa shape index (κ3) is 2.37. The van der Waals surface area contributed by atoms with E-state index in [1.165, 1.54) is 0 Å². The molecule has 4 rings (SSSR count). The lowest BCUT2D eigenvalue weighted by molar-refractivity contribution is -0.0262. The van der Waals surface area contributed by atoms with E-state index < -0.39 is 6.23 Å². The molecule has 126 valence electrons. The van der Waals surface area contributed by atoms with Crippen LogP contribution in [0.1, 0.15) is 25.5 Å². The second-order valence-electron chi connectivity index (χ2n) is 6.26. The first kappa shape index (κ1) is 15.2. The van der Waals surface area contributed by atoms with Gasteiger partial charge in [-0.25, -0.2) is 4.98 Å². The van der Waals surface area contributed by atoms with Gasteiger partial charge >= 0.3 is 0 Å². The van der Waals surface area contributed by atoms with Gasteiger partial charge in [-0.2, -0.15) is 9.97 Å². The summed E-state index contributed by atoms with van der Waals surface area (Å²) in [5, 5.41) is 9.37. The predicted octanol–water partition coefficient (Wildman–Crippen LogP) is 0.538. The Morgan fingerprint density at radius 3 is 2.88 bits per heavy atom. The smallest absolute Gasteiger partial charge is 0.224 e. The Bertz CT molecular complexity index is 792. The molecule has 2 aromatic heterocycles. The summed E-state index contributed by atoms with van der Waals surface area (Å²) in [6.07, 6.45) is 9.51. The summed E-state index contributed by atoms with van der Waals surface area (Å²) in [7, 11) is 0. The lowest BCUT2D eigenvalue weighted by Crippen LogP contribution is -2.21. The highest BCUT2D eigenvalue weighted by atomic mass is 16.5. The molecule has 2 fully saturated rings. The van der Waals surface area contributed by atoms with Crippen molar-refractivity contribution in [2.75, 3.05) is 30.3 Å². The van der Waals surface area contributed by atoms with Gasteiger partial charge in [0, 0.05) is 13.1 Å². The molecule has 0 amide bonds. The van der Waals surface area contributed by atoms with E-state index in [0.717, 1.165) is 31.7 Å². The zero-order chi connectivity index (χ0) is 16.7. The molecule has 0 radical (unpaired) electrons. The first-order valence-electron chi connectivity index (χ1n) is 8.18. The van der Waals surface area contributed by atoms with Gasteiger partial charge in [0.05, 0.1) is 25.0 Å². The van der Waals surface area contributed by atoms with Gasteiger partial charge in [0.15, 0.2) is 23.2 Å². The minimum atomic E-state index is -0.405. The van der Waals surface area contributed by atoms with Crippen LogP contribution in [0.25, 0.3) is 11.2 Å². The normalized spacial score (nSPS) is 27.0. The van der Waals surface area contributed by atoms with Crippen LogP contribution in [0.15, 0.2) is 6.33 Å². The zero-order valence-electron chi connectivity index (χ0n) is 13.3. The van der Waals surface area contributed by atoms with E-state index in [0.29, 0.717) is 17.6 Å². The molecule has 8 heteroatoms. The van der Waals surface area contributed by atoms with Crippen LogP contribution in [0.3, 0.4) is 0 Å². The molecule has 0 aliphatic carbocycles. The number of anilines is 2. The van der Waals surface area contributed by atoms with Crippen molar-refractivity contribution in [1.82, 2.24) is 19.5 Å². The van der Waals surface area contributed by atoms with Gasteiger partial charge < -0.3 is 20.5 Å². The fourth-order valence-electron chi connectivity index (χ4n) is 3.53. The van der Waals surface area contributed by atoms with Crippen LogP contribution in [-0.2, 0) is 4.74 Å². The van der Waals surface area contributed by atoms with Crippen molar-refractivity contribution in [1.29, 1.82) is 0 Å². The van der Waals surface area contributed by atoms with Crippen LogP contribution in [0.4, 0.5) is 11.8 Å². The first-order chi connectivity index (χ1) is 11.7. The Balaban J connectivity index is 1.79. The molecule has 8 nitrogen and oxygen atoms in total. The highest BCUT2D eigenvalue weighted by Crippen LogP contribution is 2.36. The van der Waals surface area contributed by atoms with Gasteiger partial charge in [-0.3, -0.25) is 4.57 Å². The Labute approximate surface area is 139 Å². The average Bonchev–Trinajstić information content (AvgIpc) is 3.32. The first-order valence-corrected chi connectivity index (χ1v) is 8.18. The van der Waals surface area contributed by atoms with Crippen molar-refractivity contribution in [3.05, 3.63) is 6.33 Å². The van der Waals surface area contributed by atoms with Crippen LogP contribution in [-0.4, -0.2) is 50.4 Å². The van der Waals surface area contributed by atoms with Crippen molar-refractivity contribution >= 4 is 22.9 Å². The summed E-state index contributed by atoms with van der Waals surface area (Å²) >= 11 is 0. The Hall–Kier alpha value is -2.37. The zero-order valence-corrected chi connectivity index (χ0v) is 13.3. The number of nitrogen functional groups attached to an aromatic ring is 1. The van der Waals surface area contributed by atoms with E-state index in [4.69, 9.17) is 16.9 Å². The molecule has 3 atom stereocenters. The molecule has 2 saturated heterocycles. The maximum atomic E-state index is 9.37. The van der Waals surface area contributed by atoms with Gasteiger partial charge in [-0.05, 0) is 19.3 Å². The average molecular weight is 328 g/mol. The summed E-state index contributed by atoms with van der Waals surface area (Å²) in [5.41, 5.74) is 7.25. The van der Waals surface area contributed by atoms with E-state index >= 15 is 0 Å². The number of aliphatic hydroxyl groups excluding tert-OH is 1. The number of nitrogens with two attached hydrogens (primary N) is 1. The van der Waals surface area contributed by atoms with E-state index in [9.17, 15) is 5.11 Å². The van der Waals surface area contributed by atoms with Crippen molar-refractivity contribution in [2.45, 2.75) is 31.6 Å². The number of fused-ring (bicyclic) bond motifs is 1. The van der Waals surface area contributed by atoms with Crippen LogP contribution in [0.2, 0.25) is 0 Å². The Morgan fingerprint density at radius 1 is 1.38 bits per heavy atom. The Morgan fingerprint density at radius 2 is 2.17 bits per heavy atom. The molecule has 2 aliphatic heterocycles. The third-order valence-electron chi connectivity index (χ3n) is 4.71. The van der Waals surface area contributed by atoms with Crippen LogP contribution in [0, 0.1) is 18.3 Å². The molecule has 0 spiro atoms. The van der Waals surface area contributed by atoms with Crippen LogP contribution < -0.4 is 10.6 Å². The third-order valence-corrected chi connectivity index (χ3v) is 4.71. The Kier molecular flexibility index (Phi) is 3.75. The quantitative estimate of drug-likeness (QED) is 0.793. The molecule has 0 bridgehead atoms. The van der Waals surface area contributed by atoms with Crippen molar-refractivity contribution < 1.29 is 9.84 Å². The summed E-state index contributed by atoms with van der Waals surface area (Å²) in [4.78, 5) is 15.4. The SMILES string of the molecule is C#C[C@H]1CC(CO)O[C@H]1n1cnc2c(N3CCCC3)nc(N)nc21. The number of aliphatic hydroxyl groups is 1. The number of nitrogens with zero attached hydrogens (tertiary/aromatic N) is 5. The highest BCUT2D eigenvalue weighted by Gasteiger charge is 2.36. The second-order valence-corrected chi connectivity index (χ2v) is 6.26. The summed E-state index contributed by atoms with van der Waals surface area (Å²) in [5.74, 6) is 3.57. The molecule has 1 unspecified atom stereocenters. The highest BCUT2D eigenvalue weighted by molar-refractivity contribution is 5.85. The van der Waals surface area contributed by atoms with Crippen molar-refractivity contribution in [3.8, 4) is 12.3 Å². The number of terminal acetylenes is 1. The van der Waals surface area contributed by atoms with E-state index in [-0.39, 0.29) is 24.6 Å². The largest absolute Gasteiger partial charge is 0.394 e. The summed E-state index contributed by atoms with van der Waals surface area (Å²) in [6, 6.07) is 0. The van der Waals surface area contributed by atoms with Gasteiger partial charge in [-0.15, -0.1) is 6.42 Å². The molecular weight excluding hydrogens is 308 g/mol. The maximum absolute atomic E-state index is 9.37. The standard InChI is InChI=1S/C16H20N6O2/c1-2-10-7-11(8-23)24-15(10)22-9-18-12-13(21-5-3-4-6-21)19-16(17)20-14(12)22/h1,9-11,15,23H,3-8H2,(H2,17,19,20)/t10-,11?,15+/m0/s1. The molecule has 0 saturated carbocycles. The van der Waals surface area contributed by atoms with E-state index in [2.05, 4.69) is 25.8 Å². The fraction of sp³-hybridized carbons (Fsp3) is 0.562. The number of hydrogen-bond donors (Lipinski definition) is 2. The van der Waals surface area contributed by atoms with Gasteiger partial charge in [0.25, 0.3) is 0 Å². The fourth-order valence-corrected chi connectivity index (χ4v) is 3.53. The monoisotopic (exact) mass is 328 g/mol. The molecule has 0 aromatic carbocycles. The van der Waals surface area contributed by atoms with Gasteiger partial charge in [0.1, 0.15) is 0 Å². The molecule has 24 heavy (non-hydrogen) atoms.